The van der Waals surface area contributed by atoms with E-state index in [0.717, 1.165) is 18.4 Å². The normalized spacial score (nSPS) is 13.3. The van der Waals surface area contributed by atoms with Crippen LogP contribution in [-0.2, 0) is 9.53 Å². The quantitative estimate of drug-likeness (QED) is 0.672. The van der Waals surface area contributed by atoms with E-state index in [-0.39, 0.29) is 24.8 Å². The summed E-state index contributed by atoms with van der Waals surface area (Å²) in [6.45, 7) is 2.29. The van der Waals surface area contributed by atoms with Gasteiger partial charge in [-0.15, -0.1) is 22.7 Å². The number of nitrogens with one attached hydrogen (secondary N) is 2. The lowest BCUT2D eigenvalue weighted by molar-refractivity contribution is -0.116. The van der Waals surface area contributed by atoms with Crippen molar-refractivity contribution in [3.05, 3.63) is 38.9 Å². The molecule has 0 saturated heterocycles. The van der Waals surface area contributed by atoms with Crippen LogP contribution in [0.25, 0.3) is 0 Å². The molecule has 1 aliphatic carbocycles. The molecule has 0 bridgehead atoms. The van der Waals surface area contributed by atoms with E-state index in [4.69, 9.17) is 4.74 Å². The molecule has 0 aliphatic heterocycles. The van der Waals surface area contributed by atoms with Gasteiger partial charge in [-0.05, 0) is 48.1 Å². The third-order valence-electron chi connectivity index (χ3n) is 3.95. The van der Waals surface area contributed by atoms with Gasteiger partial charge in [0.15, 0.2) is 0 Å². The Morgan fingerprint density at radius 2 is 2.08 bits per heavy atom. The van der Waals surface area contributed by atoms with E-state index < -0.39 is 5.97 Å². The molecule has 0 spiro atoms. The fraction of sp³-hybridized carbons (Fsp3) is 0.389. The second-order valence-corrected chi connectivity index (χ2v) is 7.75. The van der Waals surface area contributed by atoms with Crippen molar-refractivity contribution in [2.75, 3.05) is 18.5 Å². The zero-order valence-electron chi connectivity index (χ0n) is 14.4. The molecule has 0 aromatic carbocycles. The minimum absolute atomic E-state index is 0.135. The third-order valence-corrected chi connectivity index (χ3v) is 5.73. The number of carbonyl (C=O) groups is 3. The largest absolute Gasteiger partial charge is 0.462 e. The van der Waals surface area contributed by atoms with Gasteiger partial charge in [-0.1, -0.05) is 6.07 Å². The topological polar surface area (TPSA) is 84.5 Å². The van der Waals surface area contributed by atoms with Crippen LogP contribution in [0.15, 0.2) is 22.9 Å². The lowest BCUT2D eigenvalue weighted by atomic mass is 10.1. The fourth-order valence-corrected chi connectivity index (χ4v) is 4.23. The number of amides is 2. The Kier molecular flexibility index (Phi) is 6.05. The van der Waals surface area contributed by atoms with E-state index in [2.05, 4.69) is 10.6 Å². The molecule has 138 valence electrons. The predicted octanol–water partition coefficient (Wildman–Crippen LogP) is 3.62. The average Bonchev–Trinajstić information content (AvgIpc) is 3.14. The van der Waals surface area contributed by atoms with Crippen LogP contribution in [0, 0.1) is 0 Å². The Hall–Kier alpha value is -2.19. The molecule has 2 aromatic rings. The van der Waals surface area contributed by atoms with Gasteiger partial charge in [-0.3, -0.25) is 9.59 Å². The first-order valence-electron chi connectivity index (χ1n) is 8.50. The summed E-state index contributed by atoms with van der Waals surface area (Å²) < 4.78 is 5.14. The van der Waals surface area contributed by atoms with Gasteiger partial charge in [0.1, 0.15) is 5.00 Å². The Morgan fingerprint density at radius 3 is 2.73 bits per heavy atom. The van der Waals surface area contributed by atoms with E-state index in [1.165, 1.54) is 22.7 Å². The first-order valence-corrected chi connectivity index (χ1v) is 10.3. The van der Waals surface area contributed by atoms with Gasteiger partial charge < -0.3 is 15.4 Å². The number of esters is 1. The molecule has 2 heterocycles. The van der Waals surface area contributed by atoms with Crippen molar-refractivity contribution in [3.63, 3.8) is 0 Å². The molecule has 3 rings (SSSR count). The SMILES string of the molecule is CCOC(=O)c1c(C2CC2)csc1NC(=O)CCNC(=O)c1cccs1. The van der Waals surface area contributed by atoms with Crippen LogP contribution >= 0.6 is 22.7 Å². The third kappa shape index (κ3) is 4.50. The summed E-state index contributed by atoms with van der Waals surface area (Å²) in [4.78, 5) is 36.9. The van der Waals surface area contributed by atoms with Crippen LogP contribution in [0.2, 0.25) is 0 Å². The van der Waals surface area contributed by atoms with Gasteiger partial charge in [0.25, 0.3) is 5.91 Å². The summed E-state index contributed by atoms with van der Waals surface area (Å²) in [5.41, 5.74) is 1.45. The number of thiophene rings is 2. The van der Waals surface area contributed by atoms with Gasteiger partial charge in [-0.25, -0.2) is 4.79 Å². The summed E-state index contributed by atoms with van der Waals surface area (Å²) in [6.07, 6.45) is 2.26. The maximum absolute atomic E-state index is 12.3. The van der Waals surface area contributed by atoms with Crippen LogP contribution in [-0.4, -0.2) is 30.9 Å². The smallest absolute Gasteiger partial charge is 0.341 e. The van der Waals surface area contributed by atoms with Crippen LogP contribution in [0.5, 0.6) is 0 Å². The first kappa shape index (κ1) is 18.6. The second kappa shape index (κ2) is 8.46. The highest BCUT2D eigenvalue weighted by Crippen LogP contribution is 2.46. The van der Waals surface area contributed by atoms with Gasteiger partial charge in [0.05, 0.1) is 17.0 Å². The summed E-state index contributed by atoms with van der Waals surface area (Å²) in [5, 5.41) is 9.79. The van der Waals surface area contributed by atoms with E-state index in [1.54, 1.807) is 19.1 Å². The minimum atomic E-state index is -0.392. The standard InChI is InChI=1S/C18H20N2O4S2/c1-2-24-18(23)15-12(11-5-6-11)10-26-17(15)20-14(21)7-8-19-16(22)13-4-3-9-25-13/h3-4,9-11H,2,5-8H2,1H3,(H,19,22)(H,20,21). The number of anilines is 1. The molecule has 2 aromatic heterocycles. The number of rotatable bonds is 8. The van der Waals surface area contributed by atoms with E-state index >= 15 is 0 Å². The molecular weight excluding hydrogens is 372 g/mol. The Labute approximate surface area is 159 Å². The van der Waals surface area contributed by atoms with Gasteiger partial charge in [-0.2, -0.15) is 0 Å². The Morgan fingerprint density at radius 1 is 1.27 bits per heavy atom. The zero-order valence-corrected chi connectivity index (χ0v) is 16.0. The van der Waals surface area contributed by atoms with Crippen molar-refractivity contribution in [1.29, 1.82) is 0 Å². The molecule has 26 heavy (non-hydrogen) atoms. The highest BCUT2D eigenvalue weighted by molar-refractivity contribution is 7.15. The van der Waals surface area contributed by atoms with Gasteiger partial charge in [0.2, 0.25) is 5.91 Å². The molecule has 0 unspecified atom stereocenters. The number of carbonyl (C=O) groups excluding carboxylic acids is 3. The number of hydrogen-bond acceptors (Lipinski definition) is 6. The molecule has 1 aliphatic rings. The zero-order chi connectivity index (χ0) is 18.5. The number of hydrogen-bond donors (Lipinski definition) is 2. The molecule has 0 atom stereocenters. The van der Waals surface area contributed by atoms with E-state index in [1.807, 2.05) is 10.8 Å². The summed E-state index contributed by atoms with van der Waals surface area (Å²) in [7, 11) is 0. The van der Waals surface area contributed by atoms with Gasteiger partial charge >= 0.3 is 5.97 Å². The Balaban J connectivity index is 1.57. The summed E-state index contributed by atoms with van der Waals surface area (Å²) in [6, 6.07) is 3.54. The van der Waals surface area contributed by atoms with Crippen LogP contribution in [0.3, 0.4) is 0 Å². The van der Waals surface area contributed by atoms with Crippen LogP contribution in [0.1, 0.15) is 57.7 Å². The molecule has 1 fully saturated rings. The van der Waals surface area contributed by atoms with Crippen molar-refractivity contribution < 1.29 is 19.1 Å². The monoisotopic (exact) mass is 392 g/mol. The van der Waals surface area contributed by atoms with Gasteiger partial charge in [0, 0.05) is 13.0 Å². The molecular formula is C18H20N2O4S2. The highest BCUT2D eigenvalue weighted by Gasteiger charge is 2.32. The summed E-state index contributed by atoms with van der Waals surface area (Å²) in [5.74, 6) is -0.434. The Bertz CT molecular complexity index is 794. The highest BCUT2D eigenvalue weighted by atomic mass is 32.1. The van der Waals surface area contributed by atoms with Crippen molar-refractivity contribution >= 4 is 45.5 Å². The molecule has 2 amide bonds. The number of ether oxygens (including phenoxy) is 1. The predicted molar refractivity (Wildman–Crippen MR) is 102 cm³/mol. The average molecular weight is 393 g/mol. The maximum Gasteiger partial charge on any atom is 0.341 e. The molecule has 1 saturated carbocycles. The minimum Gasteiger partial charge on any atom is -0.462 e. The summed E-state index contributed by atoms with van der Waals surface area (Å²) >= 11 is 2.70. The van der Waals surface area contributed by atoms with Crippen molar-refractivity contribution in [2.24, 2.45) is 0 Å². The lowest BCUT2D eigenvalue weighted by Crippen LogP contribution is -2.27. The molecule has 0 radical (unpaired) electrons. The molecule has 8 heteroatoms. The van der Waals surface area contributed by atoms with Crippen LogP contribution in [0.4, 0.5) is 5.00 Å². The van der Waals surface area contributed by atoms with Crippen molar-refractivity contribution in [2.45, 2.75) is 32.1 Å². The lowest BCUT2D eigenvalue weighted by Gasteiger charge is -2.08. The first-order chi connectivity index (χ1) is 12.6. The van der Waals surface area contributed by atoms with Crippen LogP contribution < -0.4 is 10.6 Å². The second-order valence-electron chi connectivity index (χ2n) is 5.92. The van der Waals surface area contributed by atoms with Crippen molar-refractivity contribution in [3.8, 4) is 0 Å². The molecule has 6 nitrogen and oxygen atoms in total. The van der Waals surface area contributed by atoms with E-state index in [0.29, 0.717) is 28.0 Å². The molecule has 2 N–H and O–H groups in total. The van der Waals surface area contributed by atoms with Crippen molar-refractivity contribution in [1.82, 2.24) is 5.32 Å². The van der Waals surface area contributed by atoms with E-state index in [9.17, 15) is 14.4 Å². The maximum atomic E-state index is 12.3. The fourth-order valence-electron chi connectivity index (χ4n) is 2.55.